The van der Waals surface area contributed by atoms with Gasteiger partial charge in [0, 0.05) is 52.4 Å². The quantitative estimate of drug-likeness (QED) is 0.165. The highest BCUT2D eigenvalue weighted by atomic mass is 35.5. The lowest BCUT2D eigenvalue weighted by Crippen LogP contribution is -2.51. The van der Waals surface area contributed by atoms with Gasteiger partial charge in [0.05, 0.1) is 34.3 Å². The highest BCUT2D eigenvalue weighted by Gasteiger charge is 2.42. The Balaban J connectivity index is 0.000000420. The number of benzene rings is 4. The van der Waals surface area contributed by atoms with E-state index in [4.69, 9.17) is 0 Å². The first-order chi connectivity index (χ1) is 37.5. The molecule has 8 rings (SSSR count). The minimum absolute atomic E-state index is 0. The molecule has 0 N–H and O–H groups in total. The van der Waals surface area contributed by atoms with Crippen molar-refractivity contribution in [1.29, 1.82) is 0 Å². The van der Waals surface area contributed by atoms with Crippen LogP contribution < -0.4 is 0 Å². The van der Waals surface area contributed by atoms with Gasteiger partial charge in [-0.1, -0.05) is 37.8 Å². The van der Waals surface area contributed by atoms with Crippen LogP contribution in [0.3, 0.4) is 0 Å². The predicted molar refractivity (Wildman–Crippen MR) is 303 cm³/mol. The smallest absolute Gasteiger partial charge is 0.323 e. The van der Waals surface area contributed by atoms with Crippen molar-refractivity contribution >= 4 is 61.7 Å². The molecule has 472 valence electrons. The molecule has 84 heavy (non-hydrogen) atoms. The molecule has 4 saturated heterocycles. The number of piperidine rings is 2. The Morgan fingerprint density at radius 3 is 0.988 bits per heavy atom. The monoisotopic (exact) mass is 1290 g/mol. The average molecular weight is 1290 g/mol. The van der Waals surface area contributed by atoms with E-state index in [9.17, 15) is 71.1 Å². The van der Waals surface area contributed by atoms with Gasteiger partial charge in [0.2, 0.25) is 0 Å². The molecule has 0 bridgehead atoms. The predicted octanol–water partition coefficient (Wildman–Crippen LogP) is 17.3. The van der Waals surface area contributed by atoms with Crippen molar-refractivity contribution in [1.82, 2.24) is 29.4 Å². The number of amides is 4. The molecule has 4 aromatic carbocycles. The molecule has 4 heterocycles. The highest BCUT2D eigenvalue weighted by Crippen LogP contribution is 2.42. The summed E-state index contributed by atoms with van der Waals surface area (Å²) in [6.07, 6.45) is -8.23. The molecular weight excluding hydrogens is 1220 g/mol. The number of alkyl halides is 12. The van der Waals surface area contributed by atoms with Crippen LogP contribution in [0.1, 0.15) is 145 Å². The first kappa shape index (κ1) is 73.8. The van der Waals surface area contributed by atoms with Crippen LogP contribution >= 0.6 is 49.6 Å². The Hall–Kier alpha value is -4.48. The van der Waals surface area contributed by atoms with Crippen molar-refractivity contribution in [2.24, 2.45) is 0 Å². The summed E-state index contributed by atoms with van der Waals surface area (Å²) >= 11 is 0. The molecule has 0 saturated carbocycles. The van der Waals surface area contributed by atoms with Crippen LogP contribution in [-0.4, -0.2) is 107 Å². The summed E-state index contributed by atoms with van der Waals surface area (Å²) in [6, 6.07) is 10.1. The van der Waals surface area contributed by atoms with Crippen LogP contribution in [0.15, 0.2) is 72.8 Å². The van der Waals surface area contributed by atoms with Gasteiger partial charge in [-0.25, -0.2) is 18.4 Å². The molecule has 26 heteroatoms. The topological polar surface area (TPSA) is 53.6 Å². The van der Waals surface area contributed by atoms with Crippen LogP contribution in [0.2, 0.25) is 0 Å². The summed E-state index contributed by atoms with van der Waals surface area (Å²) in [4.78, 5) is 37.8. The second kappa shape index (κ2) is 30.9. The number of carbonyl (C=O) groups is 2. The molecule has 0 spiro atoms. The van der Waals surface area contributed by atoms with Gasteiger partial charge in [-0.2, -0.15) is 52.7 Å². The summed E-state index contributed by atoms with van der Waals surface area (Å²) in [7, 11) is 2.73. The van der Waals surface area contributed by atoms with Gasteiger partial charge in [0.25, 0.3) is 0 Å². The third-order valence-corrected chi connectivity index (χ3v) is 15.9. The third-order valence-electron chi connectivity index (χ3n) is 15.9. The Kier molecular flexibility index (Phi) is 27.2. The third kappa shape index (κ3) is 19.3. The maximum Gasteiger partial charge on any atom is 0.416 e. The van der Waals surface area contributed by atoms with Crippen molar-refractivity contribution in [3.05, 3.63) is 140 Å². The molecule has 4 aromatic rings. The fourth-order valence-corrected chi connectivity index (χ4v) is 11.9. The van der Waals surface area contributed by atoms with Crippen molar-refractivity contribution in [3.63, 3.8) is 0 Å². The van der Waals surface area contributed by atoms with E-state index in [1.165, 1.54) is 64.0 Å². The van der Waals surface area contributed by atoms with E-state index >= 15 is 0 Å². The van der Waals surface area contributed by atoms with Gasteiger partial charge < -0.3 is 29.4 Å². The molecule has 8 nitrogen and oxygen atoms in total. The van der Waals surface area contributed by atoms with Gasteiger partial charge in [-0.3, -0.25) is 0 Å². The van der Waals surface area contributed by atoms with Crippen molar-refractivity contribution in [2.45, 2.75) is 153 Å². The van der Waals surface area contributed by atoms with Gasteiger partial charge in [0.1, 0.15) is 11.6 Å². The van der Waals surface area contributed by atoms with E-state index in [2.05, 4.69) is 9.80 Å². The van der Waals surface area contributed by atoms with Gasteiger partial charge >= 0.3 is 36.8 Å². The number of hydrogen-bond donors (Lipinski definition) is 0. The van der Waals surface area contributed by atoms with Crippen LogP contribution in [0.25, 0.3) is 0 Å². The van der Waals surface area contributed by atoms with E-state index in [1.807, 2.05) is 0 Å². The minimum Gasteiger partial charge on any atom is -0.323 e. The Morgan fingerprint density at radius 2 is 0.726 bits per heavy atom. The molecule has 0 aliphatic carbocycles. The largest absolute Gasteiger partial charge is 0.416 e. The zero-order valence-corrected chi connectivity index (χ0v) is 50.1. The van der Waals surface area contributed by atoms with E-state index in [1.54, 1.807) is 35.8 Å². The molecule has 0 aromatic heterocycles. The number of nitrogens with zero attached hydrogens (tertiary/aromatic N) is 6. The Morgan fingerprint density at radius 1 is 0.440 bits per heavy atom. The van der Waals surface area contributed by atoms with Gasteiger partial charge in [-0.05, 0) is 185 Å². The van der Waals surface area contributed by atoms with Crippen LogP contribution in [0, 0.1) is 25.5 Å². The molecule has 4 aliphatic heterocycles. The van der Waals surface area contributed by atoms with Crippen molar-refractivity contribution in [2.75, 3.05) is 53.4 Å². The number of likely N-dealkylation sites (tertiary alicyclic amines) is 4. The number of halogens is 18. The Labute approximate surface area is 506 Å². The summed E-state index contributed by atoms with van der Waals surface area (Å²) in [5.74, 6) is -0.803. The van der Waals surface area contributed by atoms with Crippen LogP contribution in [-0.2, 0) is 37.8 Å². The fraction of sp³-hybridized carbons (Fsp3) is 0.552. The van der Waals surface area contributed by atoms with Crippen LogP contribution in [0.5, 0.6) is 0 Å². The molecule has 4 aliphatic rings. The van der Waals surface area contributed by atoms with Gasteiger partial charge in [0.15, 0.2) is 0 Å². The first-order valence-electron chi connectivity index (χ1n) is 27.1. The minimum atomic E-state index is -4.97. The van der Waals surface area contributed by atoms with E-state index in [0.29, 0.717) is 74.2 Å². The second-order valence-electron chi connectivity index (χ2n) is 21.8. The maximum atomic E-state index is 13.9. The lowest BCUT2D eigenvalue weighted by molar-refractivity contribution is -0.144. The lowest BCUT2D eigenvalue weighted by atomic mass is 9.88. The van der Waals surface area contributed by atoms with E-state index < -0.39 is 95.8 Å². The van der Waals surface area contributed by atoms with Gasteiger partial charge in [-0.15, -0.1) is 49.6 Å². The molecule has 0 unspecified atom stereocenters. The van der Waals surface area contributed by atoms with E-state index in [0.717, 1.165) is 72.8 Å². The van der Waals surface area contributed by atoms with Crippen molar-refractivity contribution in [3.8, 4) is 0 Å². The zero-order chi connectivity index (χ0) is 58.5. The molecule has 0 radical (unpaired) electrons. The highest BCUT2D eigenvalue weighted by molar-refractivity contribution is 5.86. The lowest BCUT2D eigenvalue weighted by Gasteiger charge is -2.45. The summed E-state index contributed by atoms with van der Waals surface area (Å²) < 4.78 is 188. The van der Waals surface area contributed by atoms with Crippen LogP contribution in [0.4, 0.5) is 71.1 Å². The first-order valence-corrected chi connectivity index (χ1v) is 27.1. The van der Waals surface area contributed by atoms with E-state index in [-0.39, 0.29) is 85.0 Å². The second-order valence-corrected chi connectivity index (χ2v) is 21.8. The summed E-state index contributed by atoms with van der Waals surface area (Å²) in [5, 5.41) is 0. The Bertz CT molecular complexity index is 2520. The summed E-state index contributed by atoms with van der Waals surface area (Å²) in [5.41, 5.74) is -3.31. The zero-order valence-electron chi connectivity index (χ0n) is 46.8. The maximum absolute atomic E-state index is 13.9. The molecule has 4 fully saturated rings. The number of rotatable bonds is 8. The molecule has 4 amide bonds. The SMILES string of the molecule is Cc1cc(F)ccc1[C@@H]1C[C@H](N2CCCCCC2)CCN1C(=O)N(C)Cc1cc(C(F)(F)F)cc(C(F)(F)F)c1.Cc1cc(F)ccc1[C@H]1C[C@@H](N2CCCCCC2)CCN1C(=O)N(C)Cc1cc(C(F)(F)F)cc(C(F)(F)F)c1.Cl.Cl.Cl.Cl. The fourth-order valence-electron chi connectivity index (χ4n) is 11.9. The number of urea groups is 2. The normalized spacial score (nSPS) is 20.3. The standard InChI is InChI=1S/2C29H34F7N3O.4ClH/c2*1-19-13-23(30)7-8-25(19)26-17-24(38-10-5-3-4-6-11-38)9-12-39(26)27(40)37(2)18-20-14-21(28(31,32)33)16-22(15-20)29(34,35)36;;;;/h2*7-8,13-16,24,26H,3-6,9-12,17-18H2,1-2H3;4*1H/t2*24-,26+;;;;/m10..../s1. The number of hydrogen-bond acceptors (Lipinski definition) is 4. The van der Waals surface area contributed by atoms with Crippen molar-refractivity contribution < 1.29 is 71.1 Å². The molecular formula is C58H72Cl4F14N6O2. The summed E-state index contributed by atoms with van der Waals surface area (Å²) in [6.45, 7) is 7.23. The number of carbonyl (C=O) groups excluding carboxylic acids is 2. The number of aryl methyl sites for hydroxylation is 2. The average Bonchev–Trinajstić information content (AvgIpc) is 4.00. The molecule has 4 atom stereocenters.